The molecule has 0 aliphatic rings. The lowest BCUT2D eigenvalue weighted by molar-refractivity contribution is 0.0524. The maximum Gasteiger partial charge on any atom is 0.407 e. The predicted molar refractivity (Wildman–Crippen MR) is 88.4 cm³/mol. The van der Waals surface area contributed by atoms with E-state index in [0.29, 0.717) is 26.0 Å². The van der Waals surface area contributed by atoms with Gasteiger partial charge in [-0.2, -0.15) is 0 Å². The number of unbranched alkanes of at least 4 members (excludes halogenated alkanes) is 1. The van der Waals surface area contributed by atoms with Crippen molar-refractivity contribution in [3.05, 3.63) is 23.8 Å². The Labute approximate surface area is 141 Å². The lowest BCUT2D eigenvalue weighted by atomic mass is 10.2. The van der Waals surface area contributed by atoms with Gasteiger partial charge in [-0.05, 0) is 45.7 Å². The molecule has 0 spiro atoms. The van der Waals surface area contributed by atoms with Crippen molar-refractivity contribution in [3.8, 4) is 11.5 Å². The molecule has 1 aromatic carbocycles. The number of aromatic hydroxyl groups is 1. The fourth-order valence-electron chi connectivity index (χ4n) is 1.82. The molecule has 7 nitrogen and oxygen atoms in total. The summed E-state index contributed by atoms with van der Waals surface area (Å²) >= 11 is 0. The largest absolute Gasteiger partial charge is 0.508 e. The van der Waals surface area contributed by atoms with Gasteiger partial charge in [-0.3, -0.25) is 0 Å². The molecule has 1 aromatic rings. The van der Waals surface area contributed by atoms with E-state index < -0.39 is 17.7 Å². The van der Waals surface area contributed by atoms with Crippen molar-refractivity contribution in [1.82, 2.24) is 5.32 Å². The van der Waals surface area contributed by atoms with Crippen molar-refractivity contribution in [3.63, 3.8) is 0 Å². The molecule has 0 aliphatic heterocycles. The van der Waals surface area contributed by atoms with Crippen LogP contribution < -0.4 is 10.1 Å². The summed E-state index contributed by atoms with van der Waals surface area (Å²) in [6.07, 6.45) is 0.891. The molecule has 0 fully saturated rings. The number of phenolic OH excluding ortho intramolecular Hbond substituents is 1. The normalized spacial score (nSPS) is 10.8. The topological polar surface area (TPSA) is 94.1 Å². The Kier molecular flexibility index (Phi) is 7.35. The van der Waals surface area contributed by atoms with Crippen molar-refractivity contribution in [2.45, 2.75) is 39.2 Å². The maximum absolute atomic E-state index is 11.6. The molecule has 0 radical (unpaired) electrons. The van der Waals surface area contributed by atoms with Gasteiger partial charge in [0.25, 0.3) is 0 Å². The van der Waals surface area contributed by atoms with Gasteiger partial charge in [0.2, 0.25) is 0 Å². The van der Waals surface area contributed by atoms with Crippen molar-refractivity contribution >= 4 is 12.1 Å². The molecular formula is C17H25NO6. The second kappa shape index (κ2) is 9.00. The zero-order valence-corrected chi connectivity index (χ0v) is 14.5. The quantitative estimate of drug-likeness (QED) is 0.586. The summed E-state index contributed by atoms with van der Waals surface area (Å²) in [6, 6.07) is 4.20. The third kappa shape index (κ3) is 7.21. The average Bonchev–Trinajstić information content (AvgIpc) is 2.48. The number of nitrogens with one attached hydrogen (secondary N) is 1. The molecule has 2 N–H and O–H groups in total. The van der Waals surface area contributed by atoms with Crippen LogP contribution in [-0.4, -0.2) is 43.0 Å². The first-order valence-corrected chi connectivity index (χ1v) is 7.74. The van der Waals surface area contributed by atoms with Crippen LogP contribution in [0.15, 0.2) is 18.2 Å². The lowest BCUT2D eigenvalue weighted by Crippen LogP contribution is -2.33. The Balaban J connectivity index is 2.34. The Bertz CT molecular complexity index is 565. The first kappa shape index (κ1) is 19.6. The summed E-state index contributed by atoms with van der Waals surface area (Å²) in [7, 11) is 1.28. The fraction of sp³-hybridized carbons (Fsp3) is 0.529. The van der Waals surface area contributed by atoms with Gasteiger partial charge in [0.15, 0.2) is 0 Å². The summed E-state index contributed by atoms with van der Waals surface area (Å²) in [5.74, 6) is -0.261. The summed E-state index contributed by atoms with van der Waals surface area (Å²) in [6.45, 7) is 6.20. The van der Waals surface area contributed by atoms with Gasteiger partial charge in [-0.1, -0.05) is 0 Å². The summed E-state index contributed by atoms with van der Waals surface area (Å²) in [5.41, 5.74) is -0.269. The first-order chi connectivity index (χ1) is 11.2. The summed E-state index contributed by atoms with van der Waals surface area (Å²) < 4.78 is 15.3. The second-order valence-electron chi connectivity index (χ2n) is 6.16. The van der Waals surface area contributed by atoms with Crippen LogP contribution in [0.5, 0.6) is 11.5 Å². The van der Waals surface area contributed by atoms with E-state index in [1.54, 1.807) is 20.8 Å². The van der Waals surface area contributed by atoms with Crippen molar-refractivity contribution in [1.29, 1.82) is 0 Å². The molecule has 134 valence electrons. The van der Waals surface area contributed by atoms with Gasteiger partial charge < -0.3 is 24.6 Å². The average molecular weight is 339 g/mol. The van der Waals surface area contributed by atoms with E-state index in [1.807, 2.05) is 0 Å². The molecule has 0 saturated carbocycles. The smallest absolute Gasteiger partial charge is 0.407 e. The molecule has 0 aromatic heterocycles. The maximum atomic E-state index is 11.6. The predicted octanol–water partition coefficient (Wildman–Crippen LogP) is 2.86. The number of carbonyl (C=O) groups excluding carboxylic acids is 2. The number of amides is 1. The van der Waals surface area contributed by atoms with Gasteiger partial charge in [0.1, 0.15) is 22.7 Å². The molecule has 0 heterocycles. The minimum Gasteiger partial charge on any atom is -0.508 e. The van der Waals surface area contributed by atoms with Crippen molar-refractivity contribution in [2.24, 2.45) is 0 Å². The van der Waals surface area contributed by atoms with Gasteiger partial charge in [0, 0.05) is 12.6 Å². The molecule has 1 amide bonds. The van der Waals surface area contributed by atoms with E-state index in [1.165, 1.54) is 25.3 Å². The standard InChI is InChI=1S/C17H25NO6/c1-17(2,3)24-16(21)18-9-5-6-10-23-14-11-12(19)7-8-13(14)15(20)22-4/h7-8,11,19H,5-6,9-10H2,1-4H3,(H,18,21). The zero-order valence-electron chi connectivity index (χ0n) is 14.5. The van der Waals surface area contributed by atoms with Gasteiger partial charge in [0.05, 0.1) is 13.7 Å². The van der Waals surface area contributed by atoms with Crippen LogP contribution in [0.4, 0.5) is 4.79 Å². The highest BCUT2D eigenvalue weighted by Gasteiger charge is 2.16. The van der Waals surface area contributed by atoms with Crippen LogP contribution in [0, 0.1) is 0 Å². The van der Waals surface area contributed by atoms with E-state index in [9.17, 15) is 14.7 Å². The van der Waals surface area contributed by atoms with E-state index in [0.717, 1.165) is 0 Å². The number of ether oxygens (including phenoxy) is 3. The number of benzene rings is 1. The number of methoxy groups -OCH3 is 1. The van der Waals surface area contributed by atoms with Crippen LogP contribution in [0.2, 0.25) is 0 Å². The molecular weight excluding hydrogens is 314 g/mol. The summed E-state index contributed by atoms with van der Waals surface area (Å²) in [4.78, 5) is 23.1. The zero-order chi connectivity index (χ0) is 18.2. The molecule has 1 rings (SSSR count). The number of phenols is 1. The minimum absolute atomic E-state index is 0.00393. The Morgan fingerprint density at radius 3 is 2.54 bits per heavy atom. The fourth-order valence-corrected chi connectivity index (χ4v) is 1.82. The molecule has 0 saturated heterocycles. The van der Waals surface area contributed by atoms with Gasteiger partial charge in [-0.25, -0.2) is 9.59 Å². The van der Waals surface area contributed by atoms with Crippen molar-refractivity contribution in [2.75, 3.05) is 20.3 Å². The Morgan fingerprint density at radius 1 is 1.21 bits per heavy atom. The number of carbonyl (C=O) groups is 2. The highest BCUT2D eigenvalue weighted by molar-refractivity contribution is 5.92. The van der Waals surface area contributed by atoms with E-state index >= 15 is 0 Å². The summed E-state index contributed by atoms with van der Waals surface area (Å²) in [5, 5.41) is 12.1. The lowest BCUT2D eigenvalue weighted by Gasteiger charge is -2.19. The molecule has 0 unspecified atom stereocenters. The number of rotatable bonds is 7. The highest BCUT2D eigenvalue weighted by atomic mass is 16.6. The van der Waals surface area contributed by atoms with Crippen LogP contribution in [0.1, 0.15) is 44.0 Å². The molecule has 0 aliphatic carbocycles. The number of hydrogen-bond acceptors (Lipinski definition) is 6. The van der Waals surface area contributed by atoms with Crippen LogP contribution in [0.3, 0.4) is 0 Å². The Hall–Kier alpha value is -2.44. The Morgan fingerprint density at radius 2 is 1.92 bits per heavy atom. The van der Waals surface area contributed by atoms with E-state index in [-0.39, 0.29) is 17.1 Å². The van der Waals surface area contributed by atoms with Crippen LogP contribution in [-0.2, 0) is 9.47 Å². The SMILES string of the molecule is COC(=O)c1ccc(O)cc1OCCCCNC(=O)OC(C)(C)C. The highest BCUT2D eigenvalue weighted by Crippen LogP contribution is 2.25. The number of esters is 1. The second-order valence-corrected chi connectivity index (χ2v) is 6.16. The molecule has 0 atom stereocenters. The molecule has 7 heteroatoms. The third-order valence-corrected chi connectivity index (χ3v) is 2.87. The van der Waals surface area contributed by atoms with E-state index in [4.69, 9.17) is 9.47 Å². The van der Waals surface area contributed by atoms with Gasteiger partial charge >= 0.3 is 12.1 Å². The first-order valence-electron chi connectivity index (χ1n) is 7.74. The number of alkyl carbamates (subject to hydrolysis) is 1. The van der Waals surface area contributed by atoms with Gasteiger partial charge in [-0.15, -0.1) is 0 Å². The van der Waals surface area contributed by atoms with Crippen molar-refractivity contribution < 1.29 is 28.9 Å². The number of hydrogen-bond donors (Lipinski definition) is 2. The van der Waals surface area contributed by atoms with E-state index in [2.05, 4.69) is 10.1 Å². The monoisotopic (exact) mass is 339 g/mol. The molecule has 0 bridgehead atoms. The van der Waals surface area contributed by atoms with Crippen LogP contribution in [0.25, 0.3) is 0 Å². The third-order valence-electron chi connectivity index (χ3n) is 2.87. The minimum atomic E-state index is -0.531. The molecule has 24 heavy (non-hydrogen) atoms. The van der Waals surface area contributed by atoms with Crippen LogP contribution >= 0.6 is 0 Å².